The summed E-state index contributed by atoms with van der Waals surface area (Å²) in [5, 5.41) is 25.9. The number of fused-ring (bicyclic) bond motifs is 1. The Morgan fingerprint density at radius 3 is 1.64 bits per heavy atom. The zero-order valence-corrected chi connectivity index (χ0v) is 23.7. The van der Waals surface area contributed by atoms with E-state index in [0.29, 0.717) is 19.1 Å². The minimum Gasteiger partial charge on any atom is -0.475 e. The topological polar surface area (TPSA) is 168 Å². The number of halogens is 9. The Kier molecular flexibility index (Phi) is 15.7. The monoisotopic (exact) mass is 691 g/mol. The number of carbonyl (C=O) groups is 3. The van der Waals surface area contributed by atoms with Crippen LogP contribution >= 0.6 is 0 Å². The third kappa shape index (κ3) is 16.9. The second-order valence-electron chi connectivity index (χ2n) is 9.19. The number of carboxylic acids is 3. The lowest BCUT2D eigenvalue weighted by Crippen LogP contribution is -2.30. The van der Waals surface area contributed by atoms with Crippen LogP contribution in [0.3, 0.4) is 0 Å². The van der Waals surface area contributed by atoms with Crippen molar-refractivity contribution in [3.63, 3.8) is 0 Å². The molecule has 1 aliphatic heterocycles. The van der Waals surface area contributed by atoms with E-state index in [9.17, 15) is 39.5 Å². The van der Waals surface area contributed by atoms with E-state index in [0.717, 1.165) is 31.7 Å². The Hall–Kier alpha value is -4.79. The van der Waals surface area contributed by atoms with Gasteiger partial charge in [-0.15, -0.1) is 0 Å². The van der Waals surface area contributed by atoms with E-state index < -0.39 is 36.4 Å². The normalized spacial score (nSPS) is 14.8. The molecule has 4 heterocycles. The van der Waals surface area contributed by atoms with Crippen LogP contribution in [0.1, 0.15) is 16.8 Å². The molecule has 0 radical (unpaired) electrons. The molecule has 1 aliphatic rings. The van der Waals surface area contributed by atoms with Crippen molar-refractivity contribution in [2.45, 2.75) is 44.8 Å². The Bertz CT molecular complexity index is 1330. The predicted octanol–water partition coefficient (Wildman–Crippen LogP) is 4.42. The van der Waals surface area contributed by atoms with Crippen molar-refractivity contribution in [2.75, 3.05) is 13.2 Å². The molecule has 260 valence electrons. The molecule has 0 spiro atoms. The van der Waals surface area contributed by atoms with E-state index in [1.165, 1.54) is 11.3 Å². The van der Waals surface area contributed by atoms with Crippen LogP contribution in [0.25, 0.3) is 0 Å². The number of aromatic nitrogens is 4. The fraction of sp³-hybridized carbons (Fsp3) is 0.385. The third-order valence-electron chi connectivity index (χ3n) is 5.34. The number of alkyl halides is 9. The van der Waals surface area contributed by atoms with Crippen molar-refractivity contribution in [2.24, 2.45) is 5.92 Å². The van der Waals surface area contributed by atoms with Gasteiger partial charge in [0, 0.05) is 63.1 Å². The molecule has 1 unspecified atom stereocenters. The first-order chi connectivity index (χ1) is 21.7. The molecule has 3 N–H and O–H groups in total. The summed E-state index contributed by atoms with van der Waals surface area (Å²) in [6.07, 6.45) is -5.97. The summed E-state index contributed by atoms with van der Waals surface area (Å²) >= 11 is 0. The molecule has 0 saturated carbocycles. The first-order valence-corrected chi connectivity index (χ1v) is 12.7. The smallest absolute Gasteiger partial charge is 0.475 e. The zero-order chi connectivity index (χ0) is 35.8. The minimum absolute atomic E-state index is 0.393. The Morgan fingerprint density at radius 2 is 1.21 bits per heavy atom. The van der Waals surface area contributed by atoms with E-state index in [1.54, 1.807) is 6.20 Å². The van der Waals surface area contributed by atoms with Crippen LogP contribution in [0.2, 0.25) is 0 Å². The van der Waals surface area contributed by atoms with E-state index >= 15 is 0 Å². The summed E-state index contributed by atoms with van der Waals surface area (Å²) in [5.41, 5.74) is 3.59. The number of pyridine rings is 2. The van der Waals surface area contributed by atoms with Crippen LogP contribution in [0, 0.1) is 5.92 Å². The maximum absolute atomic E-state index is 10.6. The van der Waals surface area contributed by atoms with Gasteiger partial charge in [0.25, 0.3) is 0 Å². The zero-order valence-electron chi connectivity index (χ0n) is 23.7. The van der Waals surface area contributed by atoms with Gasteiger partial charge in [-0.1, -0.05) is 12.1 Å². The van der Waals surface area contributed by atoms with Gasteiger partial charge in [-0.25, -0.2) is 14.4 Å². The Balaban J connectivity index is 0.000000430. The van der Waals surface area contributed by atoms with Gasteiger partial charge in [-0.05, 0) is 29.3 Å². The highest BCUT2D eigenvalue weighted by Gasteiger charge is 2.39. The molecule has 0 aliphatic carbocycles. The lowest BCUT2D eigenvalue weighted by Gasteiger charge is -2.23. The molecular formula is C26H26F9N5O7. The number of hydrogen-bond acceptors (Lipinski definition) is 8. The van der Waals surface area contributed by atoms with E-state index in [-0.39, 0.29) is 0 Å². The maximum atomic E-state index is 10.6. The molecule has 0 amide bonds. The Morgan fingerprint density at radius 1 is 0.745 bits per heavy atom. The van der Waals surface area contributed by atoms with Gasteiger partial charge >= 0.3 is 36.4 Å². The quantitative estimate of drug-likeness (QED) is 0.313. The van der Waals surface area contributed by atoms with Crippen molar-refractivity contribution >= 4 is 17.9 Å². The van der Waals surface area contributed by atoms with Crippen LogP contribution in [0.5, 0.6) is 0 Å². The van der Waals surface area contributed by atoms with Crippen LogP contribution in [0.15, 0.2) is 61.3 Å². The molecule has 3 aromatic rings. The number of aliphatic carboxylic acids is 3. The third-order valence-corrected chi connectivity index (χ3v) is 5.34. The summed E-state index contributed by atoms with van der Waals surface area (Å²) in [7, 11) is 0. The highest BCUT2D eigenvalue weighted by Crippen LogP contribution is 2.19. The SMILES string of the molecule is O=C(O)C(F)(F)F.O=C(O)C(F)(F)F.O=C(O)C(F)(F)F.c1cncc(COCC2CN(Cc3cccnc3)Cc3ccnn3C2)c1. The number of carboxylic acid groups (broad SMARTS) is 3. The summed E-state index contributed by atoms with van der Waals surface area (Å²) in [4.78, 5) is 37.5. The molecule has 0 fully saturated rings. The molecule has 1 atom stereocenters. The summed E-state index contributed by atoms with van der Waals surface area (Å²) < 4.78 is 103. The van der Waals surface area contributed by atoms with Gasteiger partial charge in [0.1, 0.15) is 0 Å². The predicted molar refractivity (Wildman–Crippen MR) is 139 cm³/mol. The molecule has 12 nitrogen and oxygen atoms in total. The highest BCUT2D eigenvalue weighted by molar-refractivity contribution is 5.73. The van der Waals surface area contributed by atoms with Crippen molar-refractivity contribution in [3.05, 3.63) is 78.1 Å². The fourth-order valence-corrected chi connectivity index (χ4v) is 3.42. The molecule has 3 aromatic heterocycles. The van der Waals surface area contributed by atoms with Crippen molar-refractivity contribution in [1.29, 1.82) is 0 Å². The average molecular weight is 692 g/mol. The molecule has 0 bridgehead atoms. The van der Waals surface area contributed by atoms with Crippen molar-refractivity contribution in [3.8, 4) is 0 Å². The lowest BCUT2D eigenvalue weighted by molar-refractivity contribution is -0.193. The van der Waals surface area contributed by atoms with Gasteiger partial charge in [0.05, 0.1) is 18.9 Å². The van der Waals surface area contributed by atoms with Crippen molar-refractivity contribution < 1.29 is 74.0 Å². The molecule has 0 aromatic carbocycles. The molecule has 0 saturated heterocycles. The summed E-state index contributed by atoms with van der Waals surface area (Å²) in [6.45, 7) is 4.95. The van der Waals surface area contributed by atoms with Gasteiger partial charge < -0.3 is 20.1 Å². The van der Waals surface area contributed by atoms with Crippen LogP contribution in [-0.2, 0) is 45.4 Å². The maximum Gasteiger partial charge on any atom is 0.490 e. The standard InChI is InChI=1S/C20H23N5O.3C2HF3O2/c1-3-17(9-21-6-1)11-24-12-19(13-25-20(14-24)5-8-23-25)16-26-15-18-4-2-7-22-10-18;3*3-2(4,5)1(6)7/h1-10,19H,11-16H2;3*(H,6,7). The summed E-state index contributed by atoms with van der Waals surface area (Å²) in [5.74, 6) is -7.88. The Labute approximate surface area is 259 Å². The van der Waals surface area contributed by atoms with E-state index in [1.807, 2.05) is 43.0 Å². The van der Waals surface area contributed by atoms with Gasteiger partial charge in [-0.3, -0.25) is 19.5 Å². The van der Waals surface area contributed by atoms with Crippen LogP contribution < -0.4 is 0 Å². The van der Waals surface area contributed by atoms with Crippen LogP contribution in [0.4, 0.5) is 39.5 Å². The largest absolute Gasteiger partial charge is 0.490 e. The second-order valence-corrected chi connectivity index (χ2v) is 9.19. The molecule has 21 heteroatoms. The highest BCUT2D eigenvalue weighted by atomic mass is 19.4. The number of rotatable bonds is 6. The molecular weight excluding hydrogens is 665 g/mol. The minimum atomic E-state index is -5.08. The van der Waals surface area contributed by atoms with E-state index in [2.05, 4.69) is 36.8 Å². The fourth-order valence-electron chi connectivity index (χ4n) is 3.42. The van der Waals surface area contributed by atoms with Gasteiger partial charge in [0.15, 0.2) is 0 Å². The van der Waals surface area contributed by atoms with Crippen LogP contribution in [-0.4, -0.2) is 89.6 Å². The second kappa shape index (κ2) is 18.4. The molecule has 4 rings (SSSR count). The number of hydrogen-bond donors (Lipinski definition) is 3. The first kappa shape index (κ1) is 40.2. The number of nitrogens with zero attached hydrogens (tertiary/aromatic N) is 5. The van der Waals surface area contributed by atoms with Crippen molar-refractivity contribution in [1.82, 2.24) is 24.6 Å². The lowest BCUT2D eigenvalue weighted by atomic mass is 10.1. The van der Waals surface area contributed by atoms with E-state index in [4.69, 9.17) is 34.4 Å². The summed E-state index contributed by atoms with van der Waals surface area (Å²) in [6, 6.07) is 10.2. The molecule has 47 heavy (non-hydrogen) atoms. The van der Waals surface area contributed by atoms with Gasteiger partial charge in [-0.2, -0.15) is 44.6 Å². The average Bonchev–Trinajstić information content (AvgIpc) is 3.32. The first-order valence-electron chi connectivity index (χ1n) is 12.7. The van der Waals surface area contributed by atoms with Gasteiger partial charge in [0.2, 0.25) is 0 Å². The number of ether oxygens (including phenoxy) is 1.